The van der Waals surface area contributed by atoms with E-state index in [1.165, 1.54) is 0 Å². The average Bonchev–Trinajstić information content (AvgIpc) is 2.29. The predicted octanol–water partition coefficient (Wildman–Crippen LogP) is 0.847. The third-order valence-electron chi connectivity index (χ3n) is 2.97. The Hall–Kier alpha value is -2.19. The lowest BCUT2D eigenvalue weighted by Gasteiger charge is -2.13. The van der Waals surface area contributed by atoms with Crippen molar-refractivity contribution in [3.05, 3.63) is 17.7 Å². The third kappa shape index (κ3) is 1.90. The fraction of sp³-hybridized carbons (Fsp3) is 0.0909. The van der Waals surface area contributed by atoms with E-state index in [2.05, 4.69) is 0 Å². The highest BCUT2D eigenvalue weighted by Crippen LogP contribution is 2.41. The number of fused-ring (bicyclic) bond motifs is 1. The van der Waals surface area contributed by atoms with Gasteiger partial charge in [-0.3, -0.25) is 4.55 Å². The summed E-state index contributed by atoms with van der Waals surface area (Å²) in [7, 11) is -4.50. The number of nitrogens with two attached hydrogens (primary N) is 3. The van der Waals surface area contributed by atoms with Gasteiger partial charge < -0.3 is 22.3 Å². The van der Waals surface area contributed by atoms with Crippen LogP contribution in [0.1, 0.15) is 5.56 Å². The van der Waals surface area contributed by atoms with Gasteiger partial charge in [0.2, 0.25) is 0 Å². The van der Waals surface area contributed by atoms with E-state index in [0.717, 1.165) is 6.07 Å². The molecule has 2 aromatic carbocycles. The molecule has 0 unspecified atom stereocenters. The standard InChI is InChI=1S/C11H13N3O4S/c1-4-2-5-3-6(19(16,17)18)9(13)10(14)7(5)11(15)8(4)12/h2-3,15H,12-14H2,1H3,(H,16,17,18). The van der Waals surface area contributed by atoms with E-state index in [9.17, 15) is 13.5 Å². The number of hydrogen-bond acceptors (Lipinski definition) is 6. The number of aryl methyl sites for hydroxylation is 1. The van der Waals surface area contributed by atoms with Crippen LogP contribution in [-0.4, -0.2) is 18.1 Å². The minimum atomic E-state index is -4.50. The van der Waals surface area contributed by atoms with Crippen molar-refractivity contribution in [2.75, 3.05) is 17.2 Å². The number of phenolic OH excluding ortho intramolecular Hbond substituents is 1. The maximum atomic E-state index is 11.2. The van der Waals surface area contributed by atoms with E-state index in [1.54, 1.807) is 13.0 Å². The Balaban J connectivity index is 3.06. The first-order valence-corrected chi connectivity index (χ1v) is 6.65. The van der Waals surface area contributed by atoms with Crippen LogP contribution in [0.4, 0.5) is 17.1 Å². The molecule has 0 aromatic heterocycles. The van der Waals surface area contributed by atoms with Crippen molar-refractivity contribution in [2.45, 2.75) is 11.8 Å². The molecule has 0 fully saturated rings. The first-order valence-electron chi connectivity index (χ1n) is 5.21. The van der Waals surface area contributed by atoms with Gasteiger partial charge in [0.05, 0.1) is 22.4 Å². The number of hydrogen-bond donors (Lipinski definition) is 5. The van der Waals surface area contributed by atoms with Crippen molar-refractivity contribution in [3.63, 3.8) is 0 Å². The van der Waals surface area contributed by atoms with Crippen LogP contribution in [0.15, 0.2) is 17.0 Å². The van der Waals surface area contributed by atoms with Crippen molar-refractivity contribution in [2.24, 2.45) is 0 Å². The Kier molecular flexibility index (Phi) is 2.72. The number of benzene rings is 2. The van der Waals surface area contributed by atoms with Crippen LogP contribution in [0.3, 0.4) is 0 Å². The molecule has 0 bridgehead atoms. The number of nitrogen functional groups attached to an aromatic ring is 3. The summed E-state index contributed by atoms with van der Waals surface area (Å²) in [5.74, 6) is -0.263. The van der Waals surface area contributed by atoms with Crippen molar-refractivity contribution in [1.82, 2.24) is 0 Å². The van der Waals surface area contributed by atoms with Crippen LogP contribution in [0.2, 0.25) is 0 Å². The quantitative estimate of drug-likeness (QED) is 0.295. The minimum Gasteiger partial charge on any atom is -0.505 e. The average molecular weight is 283 g/mol. The Bertz CT molecular complexity index is 800. The molecule has 2 aromatic rings. The molecule has 7 nitrogen and oxygen atoms in total. The highest BCUT2D eigenvalue weighted by molar-refractivity contribution is 7.86. The second-order valence-corrected chi connectivity index (χ2v) is 5.62. The van der Waals surface area contributed by atoms with Gasteiger partial charge in [-0.2, -0.15) is 8.42 Å². The summed E-state index contributed by atoms with van der Waals surface area (Å²) < 4.78 is 31.5. The molecule has 19 heavy (non-hydrogen) atoms. The molecule has 0 spiro atoms. The summed E-state index contributed by atoms with van der Waals surface area (Å²) in [6.07, 6.45) is 0. The molecular formula is C11H13N3O4S. The maximum absolute atomic E-state index is 11.2. The molecule has 8 N–H and O–H groups in total. The fourth-order valence-electron chi connectivity index (χ4n) is 1.94. The van der Waals surface area contributed by atoms with Gasteiger partial charge in [-0.1, -0.05) is 0 Å². The van der Waals surface area contributed by atoms with Crippen molar-refractivity contribution >= 4 is 38.0 Å². The summed E-state index contributed by atoms with van der Waals surface area (Å²) in [5, 5.41) is 10.4. The number of aromatic hydroxyl groups is 1. The minimum absolute atomic E-state index is 0.137. The highest BCUT2D eigenvalue weighted by atomic mass is 32.2. The van der Waals surface area contributed by atoms with E-state index in [0.29, 0.717) is 10.9 Å². The second-order valence-electron chi connectivity index (χ2n) is 4.23. The summed E-state index contributed by atoms with van der Waals surface area (Å²) in [6.45, 7) is 1.65. The zero-order valence-electron chi connectivity index (χ0n) is 10.0. The molecule has 0 radical (unpaired) electrons. The van der Waals surface area contributed by atoms with Crippen LogP contribution < -0.4 is 17.2 Å². The first kappa shape index (κ1) is 13.2. The first-order chi connectivity index (χ1) is 8.64. The molecule has 102 valence electrons. The maximum Gasteiger partial charge on any atom is 0.296 e. The zero-order valence-corrected chi connectivity index (χ0v) is 10.8. The lowest BCUT2D eigenvalue weighted by Crippen LogP contribution is -2.07. The van der Waals surface area contributed by atoms with E-state index in [1.807, 2.05) is 0 Å². The van der Waals surface area contributed by atoms with Crippen LogP contribution in [0.25, 0.3) is 10.8 Å². The van der Waals surface area contributed by atoms with Crippen LogP contribution >= 0.6 is 0 Å². The molecule has 0 amide bonds. The van der Waals surface area contributed by atoms with Gasteiger partial charge >= 0.3 is 0 Å². The molecule has 0 aliphatic heterocycles. The van der Waals surface area contributed by atoms with E-state index < -0.39 is 15.0 Å². The van der Waals surface area contributed by atoms with Gasteiger partial charge in [-0.15, -0.1) is 0 Å². The predicted molar refractivity (Wildman–Crippen MR) is 73.4 cm³/mol. The second kappa shape index (κ2) is 3.90. The molecule has 0 saturated carbocycles. The van der Waals surface area contributed by atoms with E-state index in [4.69, 9.17) is 21.8 Å². The smallest absolute Gasteiger partial charge is 0.296 e. The molecule has 2 rings (SSSR count). The lowest BCUT2D eigenvalue weighted by atomic mass is 10.0. The van der Waals surface area contributed by atoms with E-state index in [-0.39, 0.29) is 28.2 Å². The summed E-state index contributed by atoms with van der Waals surface area (Å²) in [6, 6.07) is 2.69. The molecule has 0 atom stereocenters. The number of rotatable bonds is 1. The molecule has 0 aliphatic rings. The Labute approximate surface area is 109 Å². The van der Waals surface area contributed by atoms with Gasteiger partial charge in [-0.25, -0.2) is 0 Å². The van der Waals surface area contributed by atoms with Gasteiger partial charge in [0.1, 0.15) is 10.6 Å². The Morgan fingerprint density at radius 3 is 2.16 bits per heavy atom. The van der Waals surface area contributed by atoms with E-state index >= 15 is 0 Å². The van der Waals surface area contributed by atoms with Crippen molar-refractivity contribution in [1.29, 1.82) is 0 Å². The summed E-state index contributed by atoms with van der Waals surface area (Å²) >= 11 is 0. The monoisotopic (exact) mass is 283 g/mol. The summed E-state index contributed by atoms with van der Waals surface area (Å²) in [4.78, 5) is -0.499. The Morgan fingerprint density at radius 2 is 1.63 bits per heavy atom. The van der Waals surface area contributed by atoms with Gasteiger partial charge in [0, 0.05) is 0 Å². The fourth-order valence-corrected chi connectivity index (χ4v) is 2.60. The van der Waals surface area contributed by atoms with Gasteiger partial charge in [0.15, 0.2) is 0 Å². The lowest BCUT2D eigenvalue weighted by molar-refractivity contribution is 0.481. The van der Waals surface area contributed by atoms with Gasteiger partial charge in [0.25, 0.3) is 10.1 Å². The van der Waals surface area contributed by atoms with Crippen molar-refractivity contribution in [3.8, 4) is 5.75 Å². The third-order valence-corrected chi connectivity index (χ3v) is 3.86. The normalized spacial score (nSPS) is 11.9. The molecular weight excluding hydrogens is 270 g/mol. The molecule has 0 aliphatic carbocycles. The molecule has 8 heteroatoms. The molecule has 0 saturated heterocycles. The van der Waals surface area contributed by atoms with Crippen LogP contribution in [0, 0.1) is 6.92 Å². The van der Waals surface area contributed by atoms with Crippen LogP contribution in [0.5, 0.6) is 5.75 Å². The Morgan fingerprint density at radius 1 is 1.05 bits per heavy atom. The number of anilines is 3. The zero-order chi connectivity index (χ0) is 14.5. The topological polar surface area (TPSA) is 153 Å². The van der Waals surface area contributed by atoms with Crippen molar-refractivity contribution < 1.29 is 18.1 Å². The highest BCUT2D eigenvalue weighted by Gasteiger charge is 2.21. The number of phenols is 1. The molecule has 0 heterocycles. The summed E-state index contributed by atoms with van der Waals surface area (Å²) in [5.41, 5.74) is 17.2. The van der Waals surface area contributed by atoms with Gasteiger partial charge in [-0.05, 0) is 30.0 Å². The largest absolute Gasteiger partial charge is 0.505 e. The SMILES string of the molecule is Cc1cc2cc(S(=O)(=O)O)c(N)c(N)c2c(O)c1N. The van der Waals surface area contributed by atoms with Crippen LogP contribution in [-0.2, 0) is 10.1 Å².